The molecule has 2 unspecified atom stereocenters. The number of piperidine rings is 1. The molecule has 1 aromatic carbocycles. The van der Waals surface area contributed by atoms with Crippen LogP contribution in [0.25, 0.3) is 0 Å². The van der Waals surface area contributed by atoms with E-state index in [-0.39, 0.29) is 11.2 Å². The topological polar surface area (TPSA) is 3.24 Å². The molecule has 1 aromatic rings. The second-order valence-electron chi connectivity index (χ2n) is 5.53. The van der Waals surface area contributed by atoms with Crippen molar-refractivity contribution in [2.24, 2.45) is 0 Å². The molecule has 0 N–H and O–H groups in total. The van der Waals surface area contributed by atoms with E-state index in [0.29, 0.717) is 11.6 Å². The van der Waals surface area contributed by atoms with Crippen LogP contribution in [0.2, 0.25) is 0 Å². The van der Waals surface area contributed by atoms with Gasteiger partial charge in [0, 0.05) is 12.6 Å². The normalized spacial score (nSPS) is 22.4. The maximum absolute atomic E-state index is 13.3. The Morgan fingerprint density at radius 3 is 2.89 bits per heavy atom. The van der Waals surface area contributed by atoms with Gasteiger partial charge in [0.1, 0.15) is 5.82 Å². The van der Waals surface area contributed by atoms with Gasteiger partial charge < -0.3 is 0 Å². The van der Waals surface area contributed by atoms with Crippen molar-refractivity contribution < 1.29 is 4.39 Å². The van der Waals surface area contributed by atoms with Crippen LogP contribution in [0, 0.1) is 12.7 Å². The molecule has 0 bridgehead atoms. The van der Waals surface area contributed by atoms with Crippen LogP contribution in [0.1, 0.15) is 49.1 Å². The van der Waals surface area contributed by atoms with Crippen molar-refractivity contribution in [2.45, 2.75) is 50.9 Å². The van der Waals surface area contributed by atoms with E-state index in [0.717, 1.165) is 18.7 Å². The molecule has 0 spiro atoms. The fourth-order valence-corrected chi connectivity index (χ4v) is 3.25. The average molecular weight is 284 g/mol. The van der Waals surface area contributed by atoms with Gasteiger partial charge >= 0.3 is 0 Å². The Hall–Kier alpha value is -0.600. The molecule has 1 heterocycles. The molecular weight excluding hydrogens is 261 g/mol. The number of nitrogens with zero attached hydrogens (tertiary/aromatic N) is 1. The van der Waals surface area contributed by atoms with Gasteiger partial charge in [0.25, 0.3) is 0 Å². The second-order valence-corrected chi connectivity index (χ2v) is 6.06. The lowest BCUT2D eigenvalue weighted by Gasteiger charge is -2.36. The lowest BCUT2D eigenvalue weighted by Crippen LogP contribution is -2.40. The van der Waals surface area contributed by atoms with Crippen molar-refractivity contribution in [3.8, 4) is 0 Å². The maximum Gasteiger partial charge on any atom is 0.126 e. The van der Waals surface area contributed by atoms with Crippen LogP contribution in [0.4, 0.5) is 4.39 Å². The molecule has 2 rings (SSSR count). The molecule has 1 saturated heterocycles. The summed E-state index contributed by atoms with van der Waals surface area (Å²) >= 11 is 6.52. The summed E-state index contributed by atoms with van der Waals surface area (Å²) in [4.78, 5) is 2.50. The van der Waals surface area contributed by atoms with Crippen molar-refractivity contribution in [3.63, 3.8) is 0 Å². The highest BCUT2D eigenvalue weighted by atomic mass is 35.5. The van der Waals surface area contributed by atoms with Crippen LogP contribution in [0.5, 0.6) is 0 Å². The molecule has 19 heavy (non-hydrogen) atoms. The minimum absolute atomic E-state index is 0.0496. The second kappa shape index (κ2) is 6.71. The zero-order valence-electron chi connectivity index (χ0n) is 11.8. The first-order chi connectivity index (χ1) is 9.11. The zero-order valence-corrected chi connectivity index (χ0v) is 12.6. The van der Waals surface area contributed by atoms with Gasteiger partial charge in [-0.15, -0.1) is 11.6 Å². The average Bonchev–Trinajstić information content (AvgIpc) is 2.42. The first kappa shape index (κ1) is 14.8. The SMILES string of the molecule is CCC1CCCCN1CC(Cl)c1ccc(F)c(C)c1. The number of aryl methyl sites for hydroxylation is 1. The van der Waals surface area contributed by atoms with Crippen LogP contribution in [0.15, 0.2) is 18.2 Å². The summed E-state index contributed by atoms with van der Waals surface area (Å²) in [6, 6.07) is 5.87. The van der Waals surface area contributed by atoms with Gasteiger partial charge in [-0.1, -0.05) is 25.5 Å². The molecule has 2 atom stereocenters. The number of hydrogen-bond acceptors (Lipinski definition) is 1. The molecule has 1 nitrogen and oxygen atoms in total. The molecule has 1 fully saturated rings. The van der Waals surface area contributed by atoms with Gasteiger partial charge in [-0.2, -0.15) is 0 Å². The molecule has 3 heteroatoms. The first-order valence-electron chi connectivity index (χ1n) is 7.26. The molecule has 1 aliphatic heterocycles. The summed E-state index contributed by atoms with van der Waals surface area (Å²) in [5, 5.41) is -0.0496. The molecule has 0 aliphatic carbocycles. The maximum atomic E-state index is 13.3. The van der Waals surface area contributed by atoms with Gasteiger partial charge in [-0.3, -0.25) is 4.90 Å². The van der Waals surface area contributed by atoms with Crippen LogP contribution < -0.4 is 0 Å². The van der Waals surface area contributed by atoms with Gasteiger partial charge in [0.05, 0.1) is 5.38 Å². The number of halogens is 2. The minimum atomic E-state index is -0.156. The molecule has 0 aromatic heterocycles. The van der Waals surface area contributed by atoms with E-state index in [9.17, 15) is 4.39 Å². The zero-order chi connectivity index (χ0) is 13.8. The Labute approximate surface area is 120 Å². The van der Waals surface area contributed by atoms with Crippen molar-refractivity contribution >= 4 is 11.6 Å². The fourth-order valence-electron chi connectivity index (χ4n) is 2.94. The summed E-state index contributed by atoms with van der Waals surface area (Å²) in [5.74, 6) is -0.156. The predicted molar refractivity (Wildman–Crippen MR) is 79.2 cm³/mol. The highest BCUT2D eigenvalue weighted by Gasteiger charge is 2.23. The smallest absolute Gasteiger partial charge is 0.126 e. The number of alkyl halides is 1. The summed E-state index contributed by atoms with van der Waals surface area (Å²) < 4.78 is 13.3. The molecule has 0 radical (unpaired) electrons. The van der Waals surface area contributed by atoms with E-state index in [1.807, 2.05) is 12.1 Å². The largest absolute Gasteiger partial charge is 0.299 e. The third-order valence-corrected chi connectivity index (χ3v) is 4.55. The molecule has 106 valence electrons. The van der Waals surface area contributed by atoms with Crippen molar-refractivity contribution in [1.82, 2.24) is 4.90 Å². The molecule has 0 amide bonds. The molecule has 1 aliphatic rings. The van der Waals surface area contributed by atoms with E-state index in [1.54, 1.807) is 6.92 Å². The predicted octanol–water partition coefficient (Wildman–Crippen LogP) is 4.68. The van der Waals surface area contributed by atoms with E-state index in [4.69, 9.17) is 11.6 Å². The Bertz CT molecular complexity index is 421. The first-order valence-corrected chi connectivity index (χ1v) is 7.69. The highest BCUT2D eigenvalue weighted by molar-refractivity contribution is 6.21. The van der Waals surface area contributed by atoms with Gasteiger partial charge in [0.2, 0.25) is 0 Å². The van der Waals surface area contributed by atoms with E-state index in [1.165, 1.54) is 31.7 Å². The van der Waals surface area contributed by atoms with E-state index in [2.05, 4.69) is 11.8 Å². The fraction of sp³-hybridized carbons (Fsp3) is 0.625. The van der Waals surface area contributed by atoms with Gasteiger partial charge in [-0.05, 0) is 49.9 Å². The molecular formula is C16H23ClFN. The van der Waals surface area contributed by atoms with Crippen LogP contribution in [0.3, 0.4) is 0 Å². The summed E-state index contributed by atoms with van der Waals surface area (Å²) in [6.45, 7) is 6.04. The van der Waals surface area contributed by atoms with Gasteiger partial charge in [-0.25, -0.2) is 4.39 Å². The van der Waals surface area contributed by atoms with Crippen molar-refractivity contribution in [1.29, 1.82) is 0 Å². The van der Waals surface area contributed by atoms with Crippen molar-refractivity contribution in [2.75, 3.05) is 13.1 Å². The van der Waals surface area contributed by atoms with Crippen LogP contribution in [-0.2, 0) is 0 Å². The van der Waals surface area contributed by atoms with E-state index >= 15 is 0 Å². The lowest BCUT2D eigenvalue weighted by atomic mass is 9.99. The number of rotatable bonds is 4. The van der Waals surface area contributed by atoms with Crippen LogP contribution >= 0.6 is 11.6 Å². The Balaban J connectivity index is 2.02. The quantitative estimate of drug-likeness (QED) is 0.725. The van der Waals surface area contributed by atoms with E-state index < -0.39 is 0 Å². The summed E-state index contributed by atoms with van der Waals surface area (Å²) in [5.41, 5.74) is 1.70. The number of hydrogen-bond donors (Lipinski definition) is 0. The third kappa shape index (κ3) is 3.70. The Morgan fingerprint density at radius 2 is 2.21 bits per heavy atom. The minimum Gasteiger partial charge on any atom is -0.299 e. The third-order valence-electron chi connectivity index (χ3n) is 4.16. The summed E-state index contributed by atoms with van der Waals surface area (Å²) in [7, 11) is 0. The van der Waals surface area contributed by atoms with Crippen molar-refractivity contribution in [3.05, 3.63) is 35.1 Å². The standard InChI is InChI=1S/C16H23ClFN/c1-3-14-6-4-5-9-19(14)11-15(17)13-7-8-16(18)12(2)10-13/h7-8,10,14-15H,3-6,9,11H2,1-2H3. The summed E-state index contributed by atoms with van der Waals surface area (Å²) in [6.07, 6.45) is 5.06. The number of likely N-dealkylation sites (tertiary alicyclic amines) is 1. The van der Waals surface area contributed by atoms with Crippen LogP contribution in [-0.4, -0.2) is 24.0 Å². The monoisotopic (exact) mass is 283 g/mol. The van der Waals surface area contributed by atoms with Gasteiger partial charge in [0.15, 0.2) is 0 Å². The Morgan fingerprint density at radius 1 is 1.42 bits per heavy atom. The lowest BCUT2D eigenvalue weighted by molar-refractivity contribution is 0.144. The highest BCUT2D eigenvalue weighted by Crippen LogP contribution is 2.27. The Kier molecular flexibility index (Phi) is 5.23. The number of benzene rings is 1. The molecule has 0 saturated carbocycles.